The zero-order valence-electron chi connectivity index (χ0n) is 14.1. The summed E-state index contributed by atoms with van der Waals surface area (Å²) < 4.78 is 5.36. The van der Waals surface area contributed by atoms with E-state index in [2.05, 4.69) is 38.6 Å². The first kappa shape index (κ1) is 16.5. The fourth-order valence-electron chi connectivity index (χ4n) is 3.04. The second kappa shape index (κ2) is 8.45. The summed E-state index contributed by atoms with van der Waals surface area (Å²) in [6.07, 6.45) is 8.34. The summed E-state index contributed by atoms with van der Waals surface area (Å²) in [5, 5.41) is 11.8. The molecule has 1 aliphatic rings. The van der Waals surface area contributed by atoms with E-state index in [4.69, 9.17) is 4.74 Å². The van der Waals surface area contributed by atoms with Crippen LogP contribution < -0.4 is 15.0 Å². The third-order valence-corrected chi connectivity index (χ3v) is 4.26. The topological polar surface area (TPSA) is 50.3 Å². The number of aromatic nitrogens is 2. The van der Waals surface area contributed by atoms with E-state index in [1.807, 2.05) is 30.3 Å². The largest absolute Gasteiger partial charge is 0.496 e. The van der Waals surface area contributed by atoms with Gasteiger partial charge in [0.25, 0.3) is 0 Å². The van der Waals surface area contributed by atoms with Crippen molar-refractivity contribution in [1.82, 2.24) is 15.5 Å². The van der Waals surface area contributed by atoms with E-state index >= 15 is 0 Å². The minimum atomic E-state index is 0.475. The second-order valence-corrected chi connectivity index (χ2v) is 5.92. The molecule has 2 heterocycles. The maximum absolute atomic E-state index is 5.36. The van der Waals surface area contributed by atoms with Gasteiger partial charge in [0, 0.05) is 37.4 Å². The number of hydrogen-bond acceptors (Lipinski definition) is 5. The Morgan fingerprint density at radius 3 is 3.04 bits per heavy atom. The van der Waals surface area contributed by atoms with Crippen molar-refractivity contribution >= 4 is 11.9 Å². The van der Waals surface area contributed by atoms with Crippen LogP contribution in [0.1, 0.15) is 18.4 Å². The molecule has 1 saturated heterocycles. The summed E-state index contributed by atoms with van der Waals surface area (Å²) in [5.41, 5.74) is 1.10. The number of anilines is 1. The molecule has 0 aliphatic carbocycles. The normalized spacial score (nSPS) is 18.0. The lowest BCUT2D eigenvalue weighted by Crippen LogP contribution is -2.46. The summed E-state index contributed by atoms with van der Waals surface area (Å²) in [6, 6.07) is 12.5. The summed E-state index contributed by atoms with van der Waals surface area (Å²) in [4.78, 5) is 2.30. The molecule has 1 aromatic heterocycles. The molecule has 1 aliphatic heterocycles. The third-order valence-electron chi connectivity index (χ3n) is 4.26. The number of methoxy groups -OCH3 is 1. The van der Waals surface area contributed by atoms with Crippen LogP contribution in [-0.2, 0) is 0 Å². The quantitative estimate of drug-likeness (QED) is 0.885. The van der Waals surface area contributed by atoms with Gasteiger partial charge in [-0.2, -0.15) is 5.10 Å². The minimum absolute atomic E-state index is 0.475. The molecule has 5 heteroatoms. The zero-order valence-corrected chi connectivity index (χ0v) is 14.1. The van der Waals surface area contributed by atoms with Crippen molar-refractivity contribution in [2.45, 2.75) is 18.9 Å². The van der Waals surface area contributed by atoms with Gasteiger partial charge in [0.15, 0.2) is 5.82 Å². The van der Waals surface area contributed by atoms with Gasteiger partial charge in [-0.1, -0.05) is 30.4 Å². The number of para-hydroxylation sites is 1. The van der Waals surface area contributed by atoms with E-state index in [1.165, 1.54) is 12.8 Å². The van der Waals surface area contributed by atoms with Crippen LogP contribution in [0.25, 0.3) is 6.08 Å². The van der Waals surface area contributed by atoms with Crippen LogP contribution in [0.3, 0.4) is 0 Å². The Morgan fingerprint density at radius 2 is 2.21 bits per heavy atom. The number of nitrogens with one attached hydrogen (secondary N) is 1. The van der Waals surface area contributed by atoms with Gasteiger partial charge in [-0.3, -0.25) is 0 Å². The van der Waals surface area contributed by atoms with Crippen molar-refractivity contribution in [3.05, 3.63) is 54.2 Å². The van der Waals surface area contributed by atoms with Crippen molar-refractivity contribution in [1.29, 1.82) is 0 Å². The summed E-state index contributed by atoms with van der Waals surface area (Å²) in [6.45, 7) is 2.87. The zero-order chi connectivity index (χ0) is 16.6. The van der Waals surface area contributed by atoms with Crippen LogP contribution in [0.15, 0.2) is 48.7 Å². The fourth-order valence-corrected chi connectivity index (χ4v) is 3.04. The predicted molar refractivity (Wildman–Crippen MR) is 97.3 cm³/mol. The maximum Gasteiger partial charge on any atom is 0.151 e. The first-order chi connectivity index (χ1) is 11.9. The lowest BCUT2D eigenvalue weighted by molar-refractivity contribution is 0.414. The van der Waals surface area contributed by atoms with Gasteiger partial charge in [0.05, 0.1) is 7.11 Å². The molecule has 0 bridgehead atoms. The van der Waals surface area contributed by atoms with Crippen LogP contribution in [0, 0.1) is 0 Å². The number of ether oxygens (including phenoxy) is 1. The molecule has 1 fully saturated rings. The average molecular weight is 324 g/mol. The molecule has 1 atom stereocenters. The average Bonchev–Trinajstić information content (AvgIpc) is 2.66. The number of hydrogen-bond donors (Lipinski definition) is 1. The van der Waals surface area contributed by atoms with Gasteiger partial charge < -0.3 is 15.0 Å². The third kappa shape index (κ3) is 4.32. The lowest BCUT2D eigenvalue weighted by atomic mass is 10.1. The van der Waals surface area contributed by atoms with Crippen molar-refractivity contribution in [2.75, 3.05) is 31.6 Å². The van der Waals surface area contributed by atoms with Crippen LogP contribution in [0.4, 0.5) is 5.82 Å². The fraction of sp³-hybridized carbons (Fsp3) is 0.368. The van der Waals surface area contributed by atoms with Gasteiger partial charge >= 0.3 is 0 Å². The van der Waals surface area contributed by atoms with Gasteiger partial charge in [-0.15, -0.1) is 5.10 Å². The molecule has 5 nitrogen and oxygen atoms in total. The monoisotopic (exact) mass is 324 g/mol. The second-order valence-electron chi connectivity index (χ2n) is 5.92. The Balaban J connectivity index is 1.50. The Labute approximate surface area is 143 Å². The molecule has 0 radical (unpaired) electrons. The molecule has 1 unspecified atom stereocenters. The van der Waals surface area contributed by atoms with E-state index in [0.717, 1.165) is 36.8 Å². The molecule has 0 saturated carbocycles. The molecular weight excluding hydrogens is 300 g/mol. The van der Waals surface area contributed by atoms with Crippen molar-refractivity contribution in [3.63, 3.8) is 0 Å². The van der Waals surface area contributed by atoms with Gasteiger partial charge in [-0.25, -0.2) is 0 Å². The minimum Gasteiger partial charge on any atom is -0.496 e. The molecule has 2 aromatic rings. The van der Waals surface area contributed by atoms with Crippen LogP contribution in [0.5, 0.6) is 5.75 Å². The molecule has 0 amide bonds. The van der Waals surface area contributed by atoms with Gasteiger partial charge in [0.1, 0.15) is 5.75 Å². The standard InChI is InChI=1S/C19H24N4O/c1-24-18-10-3-2-7-16(18)8-4-12-20-17-9-6-14-23(15-17)19-11-5-13-21-22-19/h2-5,7-8,10-11,13,17,20H,6,9,12,14-15H2,1H3. The summed E-state index contributed by atoms with van der Waals surface area (Å²) in [7, 11) is 1.70. The highest BCUT2D eigenvalue weighted by Gasteiger charge is 2.20. The Hall–Kier alpha value is -2.40. The summed E-state index contributed by atoms with van der Waals surface area (Å²) >= 11 is 0. The Morgan fingerprint density at radius 1 is 1.29 bits per heavy atom. The van der Waals surface area contributed by atoms with E-state index < -0.39 is 0 Å². The number of rotatable bonds is 6. The Kier molecular flexibility index (Phi) is 5.80. The molecule has 3 rings (SSSR count). The number of benzene rings is 1. The Bertz CT molecular complexity index is 659. The molecule has 24 heavy (non-hydrogen) atoms. The number of nitrogens with zero attached hydrogens (tertiary/aromatic N) is 3. The highest BCUT2D eigenvalue weighted by Crippen LogP contribution is 2.19. The van der Waals surface area contributed by atoms with E-state index in [9.17, 15) is 0 Å². The van der Waals surface area contributed by atoms with Crippen LogP contribution >= 0.6 is 0 Å². The maximum atomic E-state index is 5.36. The van der Waals surface area contributed by atoms with Crippen LogP contribution in [0.2, 0.25) is 0 Å². The summed E-state index contributed by atoms with van der Waals surface area (Å²) in [5.74, 6) is 1.87. The molecule has 126 valence electrons. The molecule has 0 spiro atoms. The van der Waals surface area contributed by atoms with Gasteiger partial charge in [-0.05, 0) is 31.0 Å². The first-order valence-corrected chi connectivity index (χ1v) is 8.42. The van der Waals surface area contributed by atoms with E-state index in [0.29, 0.717) is 6.04 Å². The SMILES string of the molecule is COc1ccccc1C=CCNC1CCCN(c2cccnn2)C1. The van der Waals surface area contributed by atoms with E-state index in [1.54, 1.807) is 13.3 Å². The molecule has 1 N–H and O–H groups in total. The smallest absolute Gasteiger partial charge is 0.151 e. The number of piperidine rings is 1. The predicted octanol–water partition coefficient (Wildman–Crippen LogP) is 2.76. The van der Waals surface area contributed by atoms with Gasteiger partial charge in [0.2, 0.25) is 0 Å². The van der Waals surface area contributed by atoms with Crippen molar-refractivity contribution < 1.29 is 4.74 Å². The van der Waals surface area contributed by atoms with Crippen molar-refractivity contribution in [2.24, 2.45) is 0 Å². The lowest BCUT2D eigenvalue weighted by Gasteiger charge is -2.33. The van der Waals surface area contributed by atoms with E-state index in [-0.39, 0.29) is 0 Å². The molecule has 1 aromatic carbocycles. The molecular formula is C19H24N4O. The highest BCUT2D eigenvalue weighted by molar-refractivity contribution is 5.57. The van der Waals surface area contributed by atoms with Crippen molar-refractivity contribution in [3.8, 4) is 5.75 Å². The van der Waals surface area contributed by atoms with Crippen LogP contribution in [-0.4, -0.2) is 43.0 Å². The first-order valence-electron chi connectivity index (χ1n) is 8.42. The highest BCUT2D eigenvalue weighted by atomic mass is 16.5.